The Morgan fingerprint density at radius 2 is 2.15 bits per heavy atom. The van der Waals surface area contributed by atoms with Gasteiger partial charge in [-0.2, -0.15) is 0 Å². The number of hydrogen-bond acceptors (Lipinski definition) is 5. The number of nitrogens with zero attached hydrogens (tertiary/aromatic N) is 2. The third-order valence-corrected chi connectivity index (χ3v) is 3.23. The lowest BCUT2D eigenvalue weighted by Gasteiger charge is -2.05. The number of rotatable bonds is 4. The lowest BCUT2D eigenvalue weighted by molar-refractivity contribution is 0.264. The van der Waals surface area contributed by atoms with Gasteiger partial charge in [0.1, 0.15) is 5.75 Å². The number of halogens is 2. The molecule has 0 saturated carbocycles. The van der Waals surface area contributed by atoms with E-state index in [1.807, 2.05) is 6.07 Å². The van der Waals surface area contributed by atoms with Crippen LogP contribution in [0.5, 0.6) is 5.75 Å². The first kappa shape index (κ1) is 13.2. The Kier molecular flexibility index (Phi) is 3.75. The monoisotopic (exact) mass is 354 g/mol. The van der Waals surface area contributed by atoms with Crippen LogP contribution in [0.1, 0.15) is 5.89 Å². The van der Waals surface area contributed by atoms with E-state index < -0.39 is 0 Å². The summed E-state index contributed by atoms with van der Waals surface area (Å²) in [5, 5.41) is 8.26. The highest BCUT2D eigenvalue weighted by Gasteiger charge is 2.11. The molecular weight excluding hydrogens is 348 g/mol. The molecule has 0 aliphatic carbocycles. The zero-order valence-electron chi connectivity index (χ0n) is 10.0. The molecule has 2 heterocycles. The van der Waals surface area contributed by atoms with Crippen LogP contribution in [0.4, 0.5) is 0 Å². The fourth-order valence-corrected chi connectivity index (χ4v) is 2.27. The van der Waals surface area contributed by atoms with E-state index in [0.29, 0.717) is 28.3 Å². The Labute approximate surface area is 127 Å². The molecule has 1 aromatic carbocycles. The summed E-state index contributed by atoms with van der Waals surface area (Å²) in [5.41, 5.74) is 0. The van der Waals surface area contributed by atoms with Gasteiger partial charge < -0.3 is 13.6 Å². The van der Waals surface area contributed by atoms with E-state index in [2.05, 4.69) is 26.1 Å². The molecule has 3 rings (SSSR count). The van der Waals surface area contributed by atoms with Crippen LogP contribution in [0, 0.1) is 0 Å². The van der Waals surface area contributed by atoms with Gasteiger partial charge in [-0.1, -0.05) is 27.5 Å². The van der Waals surface area contributed by atoms with E-state index in [4.69, 9.17) is 25.2 Å². The van der Waals surface area contributed by atoms with Crippen LogP contribution >= 0.6 is 27.5 Å². The molecule has 7 heteroatoms. The Hall–Kier alpha value is -1.79. The van der Waals surface area contributed by atoms with Crippen molar-refractivity contribution >= 4 is 27.5 Å². The van der Waals surface area contributed by atoms with Crippen LogP contribution in [0.25, 0.3) is 11.7 Å². The van der Waals surface area contributed by atoms with Crippen molar-refractivity contribution in [1.82, 2.24) is 10.2 Å². The molecule has 0 aliphatic rings. The molecule has 0 radical (unpaired) electrons. The topological polar surface area (TPSA) is 61.3 Å². The zero-order valence-corrected chi connectivity index (χ0v) is 12.4. The summed E-state index contributed by atoms with van der Waals surface area (Å²) < 4.78 is 17.0. The molecule has 0 atom stereocenters. The second kappa shape index (κ2) is 5.68. The van der Waals surface area contributed by atoms with Gasteiger partial charge in [0.15, 0.2) is 12.4 Å². The predicted octanol–water partition coefficient (Wildman–Crippen LogP) is 4.32. The summed E-state index contributed by atoms with van der Waals surface area (Å²) in [7, 11) is 0. The van der Waals surface area contributed by atoms with Crippen molar-refractivity contribution in [3.8, 4) is 17.4 Å². The lowest BCUT2D eigenvalue weighted by Crippen LogP contribution is -1.96. The fraction of sp³-hybridized carbons (Fsp3) is 0.0769. The summed E-state index contributed by atoms with van der Waals surface area (Å²) in [6, 6.07) is 8.83. The molecule has 0 fully saturated rings. The standard InChI is InChI=1S/C13H8BrClN2O3/c14-8-3-4-10(9(15)6-8)19-7-12-16-17-13(20-12)11-2-1-5-18-11/h1-6H,7H2. The van der Waals surface area contributed by atoms with Crippen LogP contribution in [0.15, 0.2) is 49.9 Å². The fourth-order valence-electron chi connectivity index (χ4n) is 1.54. The van der Waals surface area contributed by atoms with Crippen molar-refractivity contribution in [1.29, 1.82) is 0 Å². The van der Waals surface area contributed by atoms with Crippen molar-refractivity contribution in [2.75, 3.05) is 0 Å². The number of hydrogen-bond donors (Lipinski definition) is 0. The maximum Gasteiger partial charge on any atom is 0.283 e. The number of ether oxygens (including phenoxy) is 1. The molecule has 102 valence electrons. The molecule has 0 aliphatic heterocycles. The number of aromatic nitrogens is 2. The van der Waals surface area contributed by atoms with Gasteiger partial charge in [0.25, 0.3) is 11.8 Å². The molecule has 0 saturated heterocycles. The van der Waals surface area contributed by atoms with Gasteiger partial charge in [0.2, 0.25) is 0 Å². The SMILES string of the molecule is Clc1cc(Br)ccc1OCc1nnc(-c2ccco2)o1. The second-order valence-corrected chi connectivity index (χ2v) is 5.16. The van der Waals surface area contributed by atoms with E-state index in [1.165, 1.54) is 6.26 Å². The van der Waals surface area contributed by atoms with Crippen LogP contribution in [0.3, 0.4) is 0 Å². The summed E-state index contributed by atoms with van der Waals surface area (Å²) in [6.07, 6.45) is 1.54. The van der Waals surface area contributed by atoms with Crippen molar-refractivity contribution in [3.05, 3.63) is 52.0 Å². The first-order valence-electron chi connectivity index (χ1n) is 5.66. The maximum atomic E-state index is 6.05. The van der Waals surface area contributed by atoms with E-state index in [1.54, 1.807) is 24.3 Å². The van der Waals surface area contributed by atoms with Gasteiger partial charge in [0, 0.05) is 4.47 Å². The second-order valence-electron chi connectivity index (χ2n) is 3.84. The van der Waals surface area contributed by atoms with E-state index in [-0.39, 0.29) is 6.61 Å². The third-order valence-electron chi connectivity index (χ3n) is 2.44. The minimum Gasteiger partial charge on any atom is -0.482 e. The average molecular weight is 356 g/mol. The smallest absolute Gasteiger partial charge is 0.283 e. The number of furan rings is 1. The van der Waals surface area contributed by atoms with Crippen LogP contribution in [-0.2, 0) is 6.61 Å². The highest BCUT2D eigenvalue weighted by Crippen LogP contribution is 2.28. The first-order valence-corrected chi connectivity index (χ1v) is 6.83. The molecule has 0 spiro atoms. The lowest BCUT2D eigenvalue weighted by atomic mass is 10.3. The largest absolute Gasteiger partial charge is 0.482 e. The van der Waals surface area contributed by atoms with Crippen molar-refractivity contribution in [3.63, 3.8) is 0 Å². The zero-order chi connectivity index (χ0) is 13.9. The van der Waals surface area contributed by atoms with E-state index in [0.717, 1.165) is 4.47 Å². The molecule has 3 aromatic rings. The molecule has 0 bridgehead atoms. The molecule has 0 amide bonds. The molecule has 2 aromatic heterocycles. The van der Waals surface area contributed by atoms with Gasteiger partial charge in [0.05, 0.1) is 11.3 Å². The molecule has 0 unspecified atom stereocenters. The summed E-state index contributed by atoms with van der Waals surface area (Å²) in [4.78, 5) is 0. The van der Waals surface area contributed by atoms with Crippen molar-refractivity contribution in [2.45, 2.75) is 6.61 Å². The average Bonchev–Trinajstić information content (AvgIpc) is 3.08. The molecular formula is C13H8BrClN2O3. The predicted molar refractivity (Wildman–Crippen MR) is 75.5 cm³/mol. The van der Waals surface area contributed by atoms with Gasteiger partial charge >= 0.3 is 0 Å². The molecule has 5 nitrogen and oxygen atoms in total. The Morgan fingerprint density at radius 3 is 2.90 bits per heavy atom. The Bertz CT molecular complexity index is 712. The minimum absolute atomic E-state index is 0.134. The van der Waals surface area contributed by atoms with Crippen molar-refractivity contribution in [2.24, 2.45) is 0 Å². The molecule has 0 N–H and O–H groups in total. The van der Waals surface area contributed by atoms with E-state index >= 15 is 0 Å². The van der Waals surface area contributed by atoms with Gasteiger partial charge in [-0.05, 0) is 30.3 Å². The highest BCUT2D eigenvalue weighted by atomic mass is 79.9. The van der Waals surface area contributed by atoms with Gasteiger partial charge in [-0.15, -0.1) is 10.2 Å². The Balaban J connectivity index is 1.70. The quantitative estimate of drug-likeness (QED) is 0.697. The van der Waals surface area contributed by atoms with Gasteiger partial charge in [-0.3, -0.25) is 0 Å². The highest BCUT2D eigenvalue weighted by molar-refractivity contribution is 9.10. The minimum atomic E-state index is 0.134. The van der Waals surface area contributed by atoms with Crippen LogP contribution in [-0.4, -0.2) is 10.2 Å². The normalized spacial score (nSPS) is 10.7. The Morgan fingerprint density at radius 1 is 1.25 bits per heavy atom. The number of benzene rings is 1. The maximum absolute atomic E-state index is 6.05. The van der Waals surface area contributed by atoms with Crippen LogP contribution in [0.2, 0.25) is 5.02 Å². The van der Waals surface area contributed by atoms with E-state index in [9.17, 15) is 0 Å². The van der Waals surface area contributed by atoms with Crippen LogP contribution < -0.4 is 4.74 Å². The summed E-state index contributed by atoms with van der Waals surface area (Å²) in [5.74, 6) is 1.73. The summed E-state index contributed by atoms with van der Waals surface area (Å²) in [6.45, 7) is 0.134. The summed E-state index contributed by atoms with van der Waals surface area (Å²) >= 11 is 9.37. The van der Waals surface area contributed by atoms with Gasteiger partial charge in [-0.25, -0.2) is 0 Å². The first-order chi connectivity index (χ1) is 9.72. The third kappa shape index (κ3) is 2.86. The van der Waals surface area contributed by atoms with Crippen molar-refractivity contribution < 1.29 is 13.6 Å². The molecule has 20 heavy (non-hydrogen) atoms.